The molecule has 0 aliphatic heterocycles. The first-order valence-electron chi connectivity index (χ1n) is 6.94. The van der Waals surface area contributed by atoms with Crippen molar-refractivity contribution >= 4 is 22.3 Å². The number of fused-ring (bicyclic) bond motifs is 1. The van der Waals surface area contributed by atoms with Crippen molar-refractivity contribution in [2.75, 3.05) is 0 Å². The van der Waals surface area contributed by atoms with Gasteiger partial charge < -0.3 is 4.74 Å². The second kappa shape index (κ2) is 5.58. The molecule has 3 aromatic carbocycles. The first-order chi connectivity index (χ1) is 10.9. The summed E-state index contributed by atoms with van der Waals surface area (Å²) in [5, 5.41) is 7.24. The average Bonchev–Trinajstić information content (AvgIpc) is 3.04. The maximum absolute atomic E-state index is 6.01. The summed E-state index contributed by atoms with van der Waals surface area (Å²) in [6.45, 7) is 0. The molecule has 0 saturated carbocycles. The highest BCUT2D eigenvalue weighted by molar-refractivity contribution is 7.08. The van der Waals surface area contributed by atoms with Crippen LogP contribution in [0.25, 0.3) is 22.0 Å². The van der Waals surface area contributed by atoms with E-state index >= 15 is 0 Å². The van der Waals surface area contributed by atoms with Gasteiger partial charge in [-0.3, -0.25) is 0 Å². The van der Waals surface area contributed by atoms with Gasteiger partial charge in [-0.15, -0.1) is 5.10 Å². The van der Waals surface area contributed by atoms with Gasteiger partial charge in [-0.25, -0.2) is 0 Å². The fourth-order valence-corrected chi connectivity index (χ4v) is 2.93. The van der Waals surface area contributed by atoms with Gasteiger partial charge >= 0.3 is 0 Å². The van der Waals surface area contributed by atoms with E-state index in [2.05, 4.69) is 27.8 Å². The molecule has 0 aliphatic rings. The Bertz CT molecular complexity index is 918. The van der Waals surface area contributed by atoms with Crippen LogP contribution in [-0.4, -0.2) is 9.59 Å². The highest BCUT2D eigenvalue weighted by Crippen LogP contribution is 2.35. The molecule has 4 aromatic rings. The van der Waals surface area contributed by atoms with Gasteiger partial charge in [0.25, 0.3) is 0 Å². The highest BCUT2D eigenvalue weighted by Gasteiger charge is 2.12. The van der Waals surface area contributed by atoms with E-state index < -0.39 is 0 Å². The molecule has 1 aromatic heterocycles. The van der Waals surface area contributed by atoms with Crippen LogP contribution in [0.2, 0.25) is 0 Å². The van der Waals surface area contributed by atoms with Crippen LogP contribution in [0, 0.1) is 0 Å². The van der Waals surface area contributed by atoms with Crippen LogP contribution in [0.15, 0.2) is 72.8 Å². The Morgan fingerprint density at radius 3 is 2.41 bits per heavy atom. The standard InChI is InChI=1S/C18H12N2OS/c1-2-7-14(8-3-1)17-18(22-20-19-17)21-16-11-10-13-6-4-5-9-15(13)12-16/h1-12H. The molecule has 4 rings (SSSR count). The number of aromatic nitrogens is 2. The molecule has 0 amide bonds. The molecule has 0 bridgehead atoms. The van der Waals surface area contributed by atoms with E-state index in [4.69, 9.17) is 4.74 Å². The Morgan fingerprint density at radius 1 is 0.773 bits per heavy atom. The summed E-state index contributed by atoms with van der Waals surface area (Å²) in [4.78, 5) is 0. The average molecular weight is 304 g/mol. The van der Waals surface area contributed by atoms with Crippen LogP contribution in [0.5, 0.6) is 10.8 Å². The zero-order valence-electron chi connectivity index (χ0n) is 11.6. The molecule has 0 unspecified atom stereocenters. The van der Waals surface area contributed by atoms with Gasteiger partial charge in [0.2, 0.25) is 5.06 Å². The molecule has 0 spiro atoms. The zero-order valence-corrected chi connectivity index (χ0v) is 12.5. The highest BCUT2D eigenvalue weighted by atomic mass is 32.1. The van der Waals surface area contributed by atoms with Crippen LogP contribution in [-0.2, 0) is 0 Å². The first-order valence-corrected chi connectivity index (χ1v) is 7.72. The zero-order chi connectivity index (χ0) is 14.8. The van der Waals surface area contributed by atoms with Gasteiger partial charge in [0.05, 0.1) is 0 Å². The molecule has 0 radical (unpaired) electrons. The molecule has 0 saturated heterocycles. The minimum Gasteiger partial charge on any atom is -0.443 e. The van der Waals surface area contributed by atoms with Gasteiger partial charge in [-0.2, -0.15) is 0 Å². The molecule has 0 atom stereocenters. The molecule has 0 N–H and O–H groups in total. The Balaban J connectivity index is 1.70. The Labute approximate surface area is 132 Å². The number of benzene rings is 3. The minimum atomic E-state index is 0.710. The van der Waals surface area contributed by atoms with Gasteiger partial charge in [0.1, 0.15) is 11.4 Å². The van der Waals surface area contributed by atoms with Gasteiger partial charge in [0.15, 0.2) is 0 Å². The van der Waals surface area contributed by atoms with E-state index in [1.807, 2.05) is 54.6 Å². The molecule has 3 nitrogen and oxygen atoms in total. The van der Waals surface area contributed by atoms with Crippen LogP contribution < -0.4 is 4.74 Å². The topological polar surface area (TPSA) is 35.0 Å². The summed E-state index contributed by atoms with van der Waals surface area (Å²) < 4.78 is 10.0. The lowest BCUT2D eigenvalue weighted by molar-refractivity contribution is 0.498. The molecular weight excluding hydrogens is 292 g/mol. The maximum atomic E-state index is 6.01. The number of nitrogens with zero attached hydrogens (tertiary/aromatic N) is 2. The Morgan fingerprint density at radius 2 is 1.55 bits per heavy atom. The van der Waals surface area contributed by atoms with Crippen molar-refractivity contribution in [2.45, 2.75) is 0 Å². The van der Waals surface area contributed by atoms with Gasteiger partial charge in [0, 0.05) is 17.1 Å². The molecular formula is C18H12N2OS. The second-order valence-electron chi connectivity index (χ2n) is 4.89. The summed E-state index contributed by atoms with van der Waals surface area (Å²) >= 11 is 1.26. The van der Waals surface area contributed by atoms with Crippen molar-refractivity contribution in [3.05, 3.63) is 72.8 Å². The lowest BCUT2D eigenvalue weighted by atomic mass is 10.1. The van der Waals surface area contributed by atoms with Crippen molar-refractivity contribution in [1.29, 1.82) is 0 Å². The second-order valence-corrected chi connectivity index (χ2v) is 5.60. The van der Waals surface area contributed by atoms with Crippen LogP contribution in [0.1, 0.15) is 0 Å². The fraction of sp³-hybridized carbons (Fsp3) is 0. The van der Waals surface area contributed by atoms with E-state index in [1.165, 1.54) is 16.9 Å². The quantitative estimate of drug-likeness (QED) is 0.525. The molecule has 106 valence electrons. The third-order valence-corrected chi connectivity index (χ3v) is 4.04. The number of hydrogen-bond acceptors (Lipinski definition) is 4. The summed E-state index contributed by atoms with van der Waals surface area (Å²) in [6, 6.07) is 24.2. The lowest BCUT2D eigenvalue weighted by Crippen LogP contribution is -1.85. The smallest absolute Gasteiger partial charge is 0.228 e. The summed E-state index contributed by atoms with van der Waals surface area (Å²) in [6.07, 6.45) is 0. The first kappa shape index (κ1) is 13.0. The third kappa shape index (κ3) is 2.44. The maximum Gasteiger partial charge on any atom is 0.228 e. The van der Waals surface area contributed by atoms with E-state index in [-0.39, 0.29) is 0 Å². The van der Waals surface area contributed by atoms with E-state index in [9.17, 15) is 0 Å². The van der Waals surface area contributed by atoms with Crippen LogP contribution >= 0.6 is 11.5 Å². The predicted molar refractivity (Wildman–Crippen MR) is 89.4 cm³/mol. The van der Waals surface area contributed by atoms with Crippen LogP contribution in [0.4, 0.5) is 0 Å². The number of rotatable bonds is 3. The fourth-order valence-electron chi connectivity index (χ4n) is 2.36. The molecule has 1 heterocycles. The monoisotopic (exact) mass is 304 g/mol. The van der Waals surface area contributed by atoms with E-state index in [1.54, 1.807) is 0 Å². The molecule has 0 aliphatic carbocycles. The van der Waals surface area contributed by atoms with Crippen molar-refractivity contribution in [3.63, 3.8) is 0 Å². The van der Waals surface area contributed by atoms with E-state index in [0.717, 1.165) is 22.4 Å². The summed E-state index contributed by atoms with van der Waals surface area (Å²) in [7, 11) is 0. The summed E-state index contributed by atoms with van der Waals surface area (Å²) in [5.41, 5.74) is 1.78. The summed E-state index contributed by atoms with van der Waals surface area (Å²) in [5.74, 6) is 0.793. The molecule has 4 heteroatoms. The largest absolute Gasteiger partial charge is 0.443 e. The van der Waals surface area contributed by atoms with Crippen molar-refractivity contribution in [1.82, 2.24) is 9.59 Å². The van der Waals surface area contributed by atoms with Crippen molar-refractivity contribution in [3.8, 4) is 22.1 Å². The van der Waals surface area contributed by atoms with Crippen molar-refractivity contribution in [2.24, 2.45) is 0 Å². The number of ether oxygens (including phenoxy) is 1. The van der Waals surface area contributed by atoms with E-state index in [0.29, 0.717) is 5.06 Å². The number of hydrogen-bond donors (Lipinski definition) is 0. The minimum absolute atomic E-state index is 0.710. The van der Waals surface area contributed by atoms with Crippen LogP contribution in [0.3, 0.4) is 0 Å². The van der Waals surface area contributed by atoms with Gasteiger partial charge in [-0.1, -0.05) is 65.2 Å². The normalized spacial score (nSPS) is 10.7. The molecule has 0 fully saturated rings. The third-order valence-electron chi connectivity index (χ3n) is 3.44. The van der Waals surface area contributed by atoms with Crippen molar-refractivity contribution < 1.29 is 4.74 Å². The Hall–Kier alpha value is -2.72. The molecule has 22 heavy (non-hydrogen) atoms. The van der Waals surface area contributed by atoms with Gasteiger partial charge in [-0.05, 0) is 22.9 Å². The Kier molecular flexibility index (Phi) is 3.29. The lowest BCUT2D eigenvalue weighted by Gasteiger charge is -2.06. The SMILES string of the molecule is c1ccc(-c2nnsc2Oc2ccc3ccccc3c2)cc1. The predicted octanol–water partition coefficient (Wildman–Crippen LogP) is 5.15.